The van der Waals surface area contributed by atoms with Gasteiger partial charge in [-0.05, 0) is 25.0 Å². The Morgan fingerprint density at radius 2 is 1.71 bits per heavy atom. The molecule has 1 saturated carbocycles. The number of rotatable bonds is 1. The summed E-state index contributed by atoms with van der Waals surface area (Å²) in [4.78, 5) is 8.90. The molecular formula is C11H11N3. The molecule has 3 nitrogen and oxygen atoms in total. The lowest BCUT2D eigenvalue weighted by Crippen LogP contribution is -2.00. The van der Waals surface area contributed by atoms with Gasteiger partial charge in [0.1, 0.15) is 5.82 Å². The number of para-hydroxylation sites is 2. The van der Waals surface area contributed by atoms with E-state index >= 15 is 0 Å². The molecule has 70 valence electrons. The number of nitrogen functional groups attached to an aromatic ring is 1. The number of hydrogen-bond acceptors (Lipinski definition) is 3. The Balaban J connectivity index is 2.26. The molecule has 1 aliphatic carbocycles. The second kappa shape index (κ2) is 2.67. The zero-order chi connectivity index (χ0) is 9.54. The third-order valence-electron chi connectivity index (χ3n) is 2.59. The molecular weight excluding hydrogens is 174 g/mol. The Hall–Kier alpha value is -1.64. The van der Waals surface area contributed by atoms with Crippen LogP contribution in [0.2, 0.25) is 0 Å². The molecule has 0 aliphatic heterocycles. The Kier molecular flexibility index (Phi) is 1.48. The van der Waals surface area contributed by atoms with Crippen LogP contribution in [0.4, 0.5) is 5.82 Å². The second-order valence-electron chi connectivity index (χ2n) is 3.76. The van der Waals surface area contributed by atoms with E-state index in [0.29, 0.717) is 11.7 Å². The predicted octanol–water partition coefficient (Wildman–Crippen LogP) is 2.09. The average Bonchev–Trinajstić information content (AvgIpc) is 3.00. The third kappa shape index (κ3) is 1.13. The van der Waals surface area contributed by atoms with Crippen molar-refractivity contribution in [2.75, 3.05) is 5.73 Å². The van der Waals surface area contributed by atoms with Crippen LogP contribution in [-0.4, -0.2) is 9.97 Å². The lowest BCUT2D eigenvalue weighted by atomic mass is 10.2. The van der Waals surface area contributed by atoms with Crippen molar-refractivity contribution in [2.24, 2.45) is 0 Å². The van der Waals surface area contributed by atoms with E-state index in [9.17, 15) is 0 Å². The molecule has 0 saturated heterocycles. The smallest absolute Gasteiger partial charge is 0.146 e. The molecule has 0 radical (unpaired) electrons. The van der Waals surface area contributed by atoms with Crippen molar-refractivity contribution in [3.05, 3.63) is 30.0 Å². The van der Waals surface area contributed by atoms with Gasteiger partial charge in [0.2, 0.25) is 0 Å². The Morgan fingerprint density at radius 1 is 1.07 bits per heavy atom. The fourth-order valence-corrected chi connectivity index (χ4v) is 1.68. The van der Waals surface area contributed by atoms with Crippen molar-refractivity contribution in [1.29, 1.82) is 0 Å². The molecule has 1 fully saturated rings. The summed E-state index contributed by atoms with van der Waals surface area (Å²) in [7, 11) is 0. The first-order chi connectivity index (χ1) is 6.84. The number of hydrogen-bond donors (Lipinski definition) is 1. The van der Waals surface area contributed by atoms with Crippen LogP contribution in [0.5, 0.6) is 0 Å². The van der Waals surface area contributed by atoms with Gasteiger partial charge in [-0.25, -0.2) is 9.97 Å². The molecule has 0 bridgehead atoms. The highest BCUT2D eigenvalue weighted by Crippen LogP contribution is 2.41. The molecule has 0 amide bonds. The first-order valence-electron chi connectivity index (χ1n) is 4.87. The minimum Gasteiger partial charge on any atom is -0.382 e. The van der Waals surface area contributed by atoms with Crippen molar-refractivity contribution in [3.63, 3.8) is 0 Å². The van der Waals surface area contributed by atoms with E-state index in [-0.39, 0.29) is 0 Å². The summed E-state index contributed by atoms with van der Waals surface area (Å²) in [5, 5.41) is 0. The lowest BCUT2D eigenvalue weighted by molar-refractivity contribution is 1.03. The molecule has 2 N–H and O–H groups in total. The summed E-state index contributed by atoms with van der Waals surface area (Å²) in [6, 6.07) is 7.85. The molecule has 1 aliphatic rings. The van der Waals surface area contributed by atoms with E-state index < -0.39 is 0 Å². The summed E-state index contributed by atoms with van der Waals surface area (Å²) in [6.07, 6.45) is 2.41. The van der Waals surface area contributed by atoms with Crippen LogP contribution >= 0.6 is 0 Å². The fraction of sp³-hybridized carbons (Fsp3) is 0.273. The highest BCUT2D eigenvalue weighted by molar-refractivity contribution is 5.76. The van der Waals surface area contributed by atoms with Crippen LogP contribution in [0.15, 0.2) is 24.3 Å². The van der Waals surface area contributed by atoms with E-state index in [1.165, 1.54) is 12.8 Å². The number of benzene rings is 1. The van der Waals surface area contributed by atoms with E-state index in [0.717, 1.165) is 16.7 Å². The number of anilines is 1. The molecule has 3 heteroatoms. The Morgan fingerprint density at radius 3 is 2.36 bits per heavy atom. The summed E-state index contributed by atoms with van der Waals surface area (Å²) < 4.78 is 0. The van der Waals surface area contributed by atoms with Gasteiger partial charge in [-0.3, -0.25) is 0 Å². The SMILES string of the molecule is Nc1nc2ccccc2nc1C1CC1. The van der Waals surface area contributed by atoms with Gasteiger partial charge >= 0.3 is 0 Å². The standard InChI is InChI=1S/C11H11N3/c12-11-10(7-5-6-7)13-8-3-1-2-4-9(8)14-11/h1-4,7H,5-6H2,(H2,12,14). The van der Waals surface area contributed by atoms with Gasteiger partial charge in [0.05, 0.1) is 16.7 Å². The maximum absolute atomic E-state index is 5.85. The van der Waals surface area contributed by atoms with Crippen LogP contribution in [-0.2, 0) is 0 Å². The third-order valence-corrected chi connectivity index (χ3v) is 2.59. The highest BCUT2D eigenvalue weighted by atomic mass is 14.9. The first kappa shape index (κ1) is 7.74. The van der Waals surface area contributed by atoms with Crippen LogP contribution in [0, 0.1) is 0 Å². The van der Waals surface area contributed by atoms with Gasteiger partial charge in [-0.1, -0.05) is 12.1 Å². The van der Waals surface area contributed by atoms with Crippen LogP contribution in [0.3, 0.4) is 0 Å². The molecule has 0 atom stereocenters. The van der Waals surface area contributed by atoms with Gasteiger partial charge in [-0.15, -0.1) is 0 Å². The minimum atomic E-state index is 0.562. The largest absolute Gasteiger partial charge is 0.382 e. The molecule has 0 unspecified atom stereocenters. The monoisotopic (exact) mass is 185 g/mol. The van der Waals surface area contributed by atoms with Gasteiger partial charge in [-0.2, -0.15) is 0 Å². The molecule has 1 aromatic heterocycles. The van der Waals surface area contributed by atoms with Crippen molar-refractivity contribution in [3.8, 4) is 0 Å². The molecule has 1 heterocycles. The molecule has 0 spiro atoms. The molecule has 1 aromatic carbocycles. The van der Waals surface area contributed by atoms with Crippen LogP contribution < -0.4 is 5.73 Å². The zero-order valence-electron chi connectivity index (χ0n) is 7.77. The average molecular weight is 185 g/mol. The van der Waals surface area contributed by atoms with Crippen molar-refractivity contribution in [1.82, 2.24) is 9.97 Å². The summed E-state index contributed by atoms with van der Waals surface area (Å²) in [5.41, 5.74) is 8.67. The zero-order valence-corrected chi connectivity index (χ0v) is 7.77. The summed E-state index contributed by atoms with van der Waals surface area (Å²) >= 11 is 0. The van der Waals surface area contributed by atoms with Gasteiger partial charge in [0.15, 0.2) is 0 Å². The Labute approximate surface area is 82.0 Å². The van der Waals surface area contributed by atoms with Crippen molar-refractivity contribution >= 4 is 16.9 Å². The van der Waals surface area contributed by atoms with E-state index in [2.05, 4.69) is 9.97 Å². The van der Waals surface area contributed by atoms with E-state index in [4.69, 9.17) is 5.73 Å². The number of aromatic nitrogens is 2. The van der Waals surface area contributed by atoms with E-state index in [1.54, 1.807) is 0 Å². The minimum absolute atomic E-state index is 0.562. The normalized spacial score (nSPS) is 16.0. The number of nitrogens with zero attached hydrogens (tertiary/aromatic N) is 2. The van der Waals surface area contributed by atoms with Gasteiger partial charge < -0.3 is 5.73 Å². The number of fused-ring (bicyclic) bond motifs is 1. The lowest BCUT2D eigenvalue weighted by Gasteiger charge is -2.03. The molecule has 2 aromatic rings. The molecule has 14 heavy (non-hydrogen) atoms. The summed E-state index contributed by atoms with van der Waals surface area (Å²) in [6.45, 7) is 0. The van der Waals surface area contributed by atoms with Gasteiger partial charge in [0, 0.05) is 5.92 Å². The fourth-order valence-electron chi connectivity index (χ4n) is 1.68. The Bertz CT molecular complexity index is 489. The van der Waals surface area contributed by atoms with Crippen molar-refractivity contribution < 1.29 is 0 Å². The number of nitrogens with two attached hydrogens (primary N) is 1. The maximum Gasteiger partial charge on any atom is 0.146 e. The molecule has 3 rings (SSSR count). The van der Waals surface area contributed by atoms with Crippen molar-refractivity contribution in [2.45, 2.75) is 18.8 Å². The van der Waals surface area contributed by atoms with Crippen LogP contribution in [0.25, 0.3) is 11.0 Å². The summed E-state index contributed by atoms with van der Waals surface area (Å²) in [5.74, 6) is 1.17. The maximum atomic E-state index is 5.85. The second-order valence-corrected chi connectivity index (χ2v) is 3.76. The first-order valence-corrected chi connectivity index (χ1v) is 4.87. The van der Waals surface area contributed by atoms with Crippen LogP contribution in [0.1, 0.15) is 24.5 Å². The van der Waals surface area contributed by atoms with E-state index in [1.807, 2.05) is 24.3 Å². The quantitative estimate of drug-likeness (QED) is 0.740. The topological polar surface area (TPSA) is 51.8 Å². The predicted molar refractivity (Wildman–Crippen MR) is 55.9 cm³/mol. The highest BCUT2D eigenvalue weighted by Gasteiger charge is 2.27. The van der Waals surface area contributed by atoms with Gasteiger partial charge in [0.25, 0.3) is 0 Å².